The number of carbonyl (C=O) groups excluding carboxylic acids is 4. The summed E-state index contributed by atoms with van der Waals surface area (Å²) in [7, 11) is 0. The van der Waals surface area contributed by atoms with Crippen molar-refractivity contribution < 1.29 is 33.8 Å². The molecule has 0 heterocycles. The summed E-state index contributed by atoms with van der Waals surface area (Å²) in [6.45, 7) is 6.22. The Labute approximate surface area is 188 Å². The van der Waals surface area contributed by atoms with Crippen LogP contribution in [0.4, 0.5) is 0 Å². The van der Waals surface area contributed by atoms with E-state index in [1.165, 1.54) is 13.8 Å². The van der Waals surface area contributed by atoms with E-state index in [4.69, 9.17) is 9.47 Å². The van der Waals surface area contributed by atoms with E-state index in [0.717, 1.165) is 24.8 Å². The lowest BCUT2D eigenvalue weighted by molar-refractivity contribution is -0.201. The lowest BCUT2D eigenvalue weighted by Gasteiger charge is -2.60. The summed E-state index contributed by atoms with van der Waals surface area (Å²) in [6, 6.07) is 0. The monoisotopic (exact) mass is 446 g/mol. The number of aliphatic hydroxyl groups excluding tert-OH is 1. The molecule has 1 N–H and O–H groups in total. The number of ketones is 2. The Morgan fingerprint density at radius 1 is 1.09 bits per heavy atom. The highest BCUT2D eigenvalue weighted by Gasteiger charge is 2.70. The normalized spacial score (nSPS) is 42.8. The molecule has 176 valence electrons. The summed E-state index contributed by atoms with van der Waals surface area (Å²) in [6.07, 6.45) is 5.39. The Kier molecular flexibility index (Phi) is 5.63. The summed E-state index contributed by atoms with van der Waals surface area (Å²) in [5.74, 6) is -1.10. The fourth-order valence-corrected chi connectivity index (χ4v) is 7.89. The molecule has 7 heteroatoms. The molecule has 4 aliphatic carbocycles. The van der Waals surface area contributed by atoms with E-state index < -0.39 is 41.4 Å². The van der Waals surface area contributed by atoms with Crippen LogP contribution >= 0.6 is 0 Å². The highest BCUT2D eigenvalue weighted by Crippen LogP contribution is 2.68. The molecule has 0 bridgehead atoms. The van der Waals surface area contributed by atoms with Crippen molar-refractivity contribution in [1.29, 1.82) is 0 Å². The minimum atomic E-state index is -1.41. The van der Waals surface area contributed by atoms with Gasteiger partial charge in [0.1, 0.15) is 0 Å². The molecule has 0 aromatic rings. The molecule has 0 unspecified atom stereocenters. The number of rotatable bonds is 4. The third-order valence-electron chi connectivity index (χ3n) is 9.19. The van der Waals surface area contributed by atoms with Gasteiger partial charge in [-0.15, -0.1) is 0 Å². The maximum atomic E-state index is 13.4. The van der Waals surface area contributed by atoms with E-state index in [1.54, 1.807) is 6.08 Å². The number of fused-ring (bicyclic) bond motifs is 5. The predicted molar refractivity (Wildman–Crippen MR) is 114 cm³/mol. The molecule has 0 spiro atoms. The Morgan fingerprint density at radius 3 is 2.47 bits per heavy atom. The van der Waals surface area contributed by atoms with Gasteiger partial charge in [-0.1, -0.05) is 19.4 Å². The second kappa shape index (κ2) is 7.79. The summed E-state index contributed by atoms with van der Waals surface area (Å²) < 4.78 is 10.8. The van der Waals surface area contributed by atoms with Gasteiger partial charge in [0.15, 0.2) is 18.0 Å². The second-order valence-electron chi connectivity index (χ2n) is 10.7. The SMILES string of the molecule is CC(=O)OCC(=O)[C@@]1(OC(C)=O)CC[C@H]2[C@@H]3CCC4=CC(=O)CC[C@]4(C)[C@H]3[C@@H](O)C[C@@]21C. The Morgan fingerprint density at radius 2 is 1.81 bits per heavy atom. The van der Waals surface area contributed by atoms with Gasteiger partial charge in [0, 0.05) is 25.7 Å². The van der Waals surface area contributed by atoms with Crippen LogP contribution in [0.2, 0.25) is 0 Å². The van der Waals surface area contributed by atoms with Crippen LogP contribution < -0.4 is 0 Å². The van der Waals surface area contributed by atoms with Crippen LogP contribution in [0.5, 0.6) is 0 Å². The van der Waals surface area contributed by atoms with E-state index in [0.29, 0.717) is 25.7 Å². The Bertz CT molecular complexity index is 891. The number of hydrogen-bond acceptors (Lipinski definition) is 7. The zero-order valence-corrected chi connectivity index (χ0v) is 19.4. The lowest BCUT2D eigenvalue weighted by Crippen LogP contribution is -2.63. The number of ether oxygens (including phenoxy) is 2. The molecule has 7 nitrogen and oxygen atoms in total. The van der Waals surface area contributed by atoms with Gasteiger partial charge in [-0.2, -0.15) is 0 Å². The van der Waals surface area contributed by atoms with E-state index in [-0.39, 0.29) is 29.0 Å². The Balaban J connectivity index is 1.72. The van der Waals surface area contributed by atoms with Crippen molar-refractivity contribution in [3.05, 3.63) is 11.6 Å². The van der Waals surface area contributed by atoms with Crippen LogP contribution in [0.1, 0.15) is 72.6 Å². The topological polar surface area (TPSA) is 107 Å². The molecule has 0 amide bonds. The first-order valence-electron chi connectivity index (χ1n) is 11.7. The van der Waals surface area contributed by atoms with Crippen LogP contribution in [-0.4, -0.2) is 46.9 Å². The van der Waals surface area contributed by atoms with E-state index in [9.17, 15) is 24.3 Å². The highest BCUT2D eigenvalue weighted by molar-refractivity contribution is 5.93. The second-order valence-corrected chi connectivity index (χ2v) is 10.7. The van der Waals surface area contributed by atoms with Gasteiger partial charge >= 0.3 is 11.9 Å². The van der Waals surface area contributed by atoms with Crippen LogP contribution in [0.25, 0.3) is 0 Å². The minimum absolute atomic E-state index is 0.00498. The van der Waals surface area contributed by atoms with E-state index >= 15 is 0 Å². The minimum Gasteiger partial charge on any atom is -0.458 e. The molecule has 7 atom stereocenters. The molecule has 4 aliphatic rings. The fourth-order valence-electron chi connectivity index (χ4n) is 7.89. The van der Waals surface area contributed by atoms with Gasteiger partial charge in [0.25, 0.3) is 0 Å². The maximum absolute atomic E-state index is 13.4. The summed E-state index contributed by atoms with van der Waals surface area (Å²) in [5.41, 5.74) is -1.25. The van der Waals surface area contributed by atoms with Crippen LogP contribution in [0.3, 0.4) is 0 Å². The molecule has 0 radical (unpaired) electrons. The average Bonchev–Trinajstić information content (AvgIpc) is 2.98. The molecule has 0 aliphatic heterocycles. The third kappa shape index (κ3) is 3.27. The third-order valence-corrected chi connectivity index (χ3v) is 9.19. The van der Waals surface area contributed by atoms with Crippen molar-refractivity contribution in [2.75, 3.05) is 6.61 Å². The molecule has 32 heavy (non-hydrogen) atoms. The van der Waals surface area contributed by atoms with Crippen molar-refractivity contribution >= 4 is 23.5 Å². The lowest BCUT2D eigenvalue weighted by atomic mass is 9.45. The largest absolute Gasteiger partial charge is 0.458 e. The first-order valence-corrected chi connectivity index (χ1v) is 11.7. The maximum Gasteiger partial charge on any atom is 0.303 e. The zero-order chi connectivity index (χ0) is 23.5. The van der Waals surface area contributed by atoms with Crippen LogP contribution in [0, 0.1) is 28.6 Å². The summed E-state index contributed by atoms with van der Waals surface area (Å²) in [5, 5.41) is 11.5. The number of hydrogen-bond donors (Lipinski definition) is 1. The quantitative estimate of drug-likeness (QED) is 0.662. The average molecular weight is 447 g/mol. The molecule has 0 aromatic carbocycles. The first kappa shape index (κ1) is 23.1. The zero-order valence-electron chi connectivity index (χ0n) is 19.4. The number of allylic oxidation sites excluding steroid dienone is 1. The number of esters is 2. The summed E-state index contributed by atoms with van der Waals surface area (Å²) >= 11 is 0. The number of Topliss-reactive ketones (excluding diaryl/α,β-unsaturated/α-hetero) is 1. The van der Waals surface area contributed by atoms with Crippen LogP contribution in [-0.2, 0) is 28.7 Å². The molecular weight excluding hydrogens is 412 g/mol. The molecule has 0 aromatic heterocycles. The van der Waals surface area contributed by atoms with Gasteiger partial charge in [-0.3, -0.25) is 19.2 Å². The van der Waals surface area contributed by atoms with Crippen LogP contribution in [0.15, 0.2) is 11.6 Å². The Hall–Kier alpha value is -2.02. The molecule has 0 saturated heterocycles. The number of carbonyl (C=O) groups is 4. The molecule has 3 saturated carbocycles. The summed E-state index contributed by atoms with van der Waals surface area (Å²) in [4.78, 5) is 48.9. The molecular formula is C25H34O7. The first-order chi connectivity index (χ1) is 14.9. The van der Waals surface area contributed by atoms with Crippen molar-refractivity contribution in [3.63, 3.8) is 0 Å². The van der Waals surface area contributed by atoms with Gasteiger partial charge < -0.3 is 14.6 Å². The van der Waals surface area contributed by atoms with E-state index in [2.05, 4.69) is 6.92 Å². The van der Waals surface area contributed by atoms with Crippen molar-refractivity contribution in [1.82, 2.24) is 0 Å². The fraction of sp³-hybridized carbons (Fsp3) is 0.760. The van der Waals surface area contributed by atoms with Crippen molar-refractivity contribution in [2.45, 2.75) is 84.3 Å². The van der Waals surface area contributed by atoms with E-state index in [1.807, 2.05) is 6.92 Å². The predicted octanol–water partition coefficient (Wildman–Crippen LogP) is 2.92. The standard InChI is InChI=1S/C25H34O7/c1-14(26)31-13-21(30)25(32-15(2)27)10-8-19-18-6-5-16-11-17(28)7-9-23(16,3)22(18)20(29)12-24(19,25)4/h11,18-20,22,29H,5-10,12-13H2,1-4H3/t18-,19-,20-,22+,23-,24-,25-/m0/s1. The van der Waals surface area contributed by atoms with Gasteiger partial charge in [-0.05, 0) is 67.8 Å². The van der Waals surface area contributed by atoms with Gasteiger partial charge in [0.2, 0.25) is 5.78 Å². The molecule has 4 rings (SSSR count). The highest BCUT2D eigenvalue weighted by atomic mass is 16.6. The molecule has 3 fully saturated rings. The van der Waals surface area contributed by atoms with Gasteiger partial charge in [0.05, 0.1) is 6.10 Å². The van der Waals surface area contributed by atoms with Gasteiger partial charge in [-0.25, -0.2) is 0 Å². The number of aliphatic hydroxyl groups is 1. The smallest absolute Gasteiger partial charge is 0.303 e. The van der Waals surface area contributed by atoms with Crippen molar-refractivity contribution in [2.24, 2.45) is 28.6 Å². The van der Waals surface area contributed by atoms with Crippen molar-refractivity contribution in [3.8, 4) is 0 Å².